The number of aromatic amines is 1. The van der Waals surface area contributed by atoms with Gasteiger partial charge in [-0.3, -0.25) is 0 Å². The molecule has 0 aliphatic rings. The SMILES string of the molecule is CCCc1nc(CC)c(C(=O)O)n1Cc1ccc(-c2cc(-c3ccccc3)ccc2-c2nn[nH]n2)cc1. The topological polar surface area (TPSA) is 110 Å². The predicted molar refractivity (Wildman–Crippen MR) is 142 cm³/mol. The first kappa shape index (κ1) is 24.1. The molecule has 8 heteroatoms. The van der Waals surface area contributed by atoms with E-state index in [0.29, 0.717) is 24.5 Å². The zero-order valence-electron chi connectivity index (χ0n) is 20.8. The van der Waals surface area contributed by atoms with E-state index < -0.39 is 5.97 Å². The van der Waals surface area contributed by atoms with Gasteiger partial charge in [-0.05, 0) is 58.0 Å². The van der Waals surface area contributed by atoms with E-state index in [9.17, 15) is 9.90 Å². The lowest BCUT2D eigenvalue weighted by molar-refractivity contribution is 0.0684. The van der Waals surface area contributed by atoms with E-state index in [1.54, 1.807) is 0 Å². The lowest BCUT2D eigenvalue weighted by Gasteiger charge is -2.13. The number of hydrogen-bond acceptors (Lipinski definition) is 5. The molecule has 37 heavy (non-hydrogen) atoms. The van der Waals surface area contributed by atoms with E-state index in [2.05, 4.69) is 68.9 Å². The number of benzene rings is 3. The number of imidazole rings is 1. The van der Waals surface area contributed by atoms with Gasteiger partial charge in [0.15, 0.2) is 5.69 Å². The number of aryl methyl sites for hydroxylation is 2. The molecular formula is C29H28N6O2. The number of carbonyl (C=O) groups is 1. The second-order valence-electron chi connectivity index (χ2n) is 8.88. The van der Waals surface area contributed by atoms with E-state index in [1.165, 1.54) is 0 Å². The molecule has 0 saturated carbocycles. The zero-order chi connectivity index (χ0) is 25.8. The number of H-pyrrole nitrogens is 1. The number of carboxylic acids is 1. The number of hydrogen-bond donors (Lipinski definition) is 2. The van der Waals surface area contributed by atoms with E-state index in [1.807, 2.05) is 47.9 Å². The summed E-state index contributed by atoms with van der Waals surface area (Å²) in [5.41, 5.74) is 7.01. The molecule has 5 rings (SSSR count). The Kier molecular flexibility index (Phi) is 6.89. The maximum atomic E-state index is 12.1. The minimum absolute atomic E-state index is 0.282. The van der Waals surface area contributed by atoms with E-state index in [-0.39, 0.29) is 5.69 Å². The Bertz CT molecular complexity index is 1510. The van der Waals surface area contributed by atoms with Crippen LogP contribution in [-0.2, 0) is 19.4 Å². The molecule has 0 saturated heterocycles. The minimum atomic E-state index is -0.939. The number of aromatic nitrogens is 6. The number of carboxylic acid groups (broad SMARTS) is 1. The first-order chi connectivity index (χ1) is 18.1. The van der Waals surface area contributed by atoms with Crippen molar-refractivity contribution in [1.29, 1.82) is 0 Å². The average molecular weight is 493 g/mol. The third-order valence-corrected chi connectivity index (χ3v) is 6.45. The Balaban J connectivity index is 1.53. The molecule has 5 aromatic rings. The summed E-state index contributed by atoms with van der Waals surface area (Å²) < 4.78 is 1.85. The van der Waals surface area contributed by atoms with Gasteiger partial charge in [0.25, 0.3) is 0 Å². The van der Waals surface area contributed by atoms with Crippen LogP contribution in [0.5, 0.6) is 0 Å². The molecule has 0 spiro atoms. The molecule has 186 valence electrons. The van der Waals surface area contributed by atoms with Gasteiger partial charge < -0.3 is 9.67 Å². The molecule has 0 radical (unpaired) electrons. The fraction of sp³-hybridized carbons (Fsp3) is 0.207. The predicted octanol–water partition coefficient (Wildman–Crippen LogP) is 5.66. The zero-order valence-corrected chi connectivity index (χ0v) is 20.8. The van der Waals surface area contributed by atoms with Crippen molar-refractivity contribution in [2.75, 3.05) is 0 Å². The summed E-state index contributed by atoms with van der Waals surface area (Å²) in [5, 5.41) is 24.6. The highest BCUT2D eigenvalue weighted by Crippen LogP contribution is 2.34. The molecule has 2 N–H and O–H groups in total. The Morgan fingerprint density at radius 2 is 1.68 bits per heavy atom. The molecule has 0 amide bonds. The summed E-state index contributed by atoms with van der Waals surface area (Å²) in [7, 11) is 0. The molecule has 2 heterocycles. The van der Waals surface area contributed by atoms with Crippen molar-refractivity contribution in [1.82, 2.24) is 30.2 Å². The Morgan fingerprint density at radius 1 is 0.919 bits per heavy atom. The minimum Gasteiger partial charge on any atom is -0.477 e. The highest BCUT2D eigenvalue weighted by Gasteiger charge is 2.21. The van der Waals surface area contributed by atoms with Gasteiger partial charge in [-0.2, -0.15) is 5.21 Å². The van der Waals surface area contributed by atoms with Gasteiger partial charge in [0.05, 0.1) is 5.69 Å². The lowest BCUT2D eigenvalue weighted by Crippen LogP contribution is -2.13. The number of tetrazole rings is 1. The molecule has 0 aliphatic heterocycles. The van der Waals surface area contributed by atoms with Crippen molar-refractivity contribution in [3.63, 3.8) is 0 Å². The third kappa shape index (κ3) is 4.91. The van der Waals surface area contributed by atoms with Gasteiger partial charge in [0.1, 0.15) is 5.82 Å². The fourth-order valence-electron chi connectivity index (χ4n) is 4.66. The molecule has 8 nitrogen and oxygen atoms in total. The molecular weight excluding hydrogens is 464 g/mol. The van der Waals surface area contributed by atoms with Crippen LogP contribution in [0, 0.1) is 0 Å². The second-order valence-corrected chi connectivity index (χ2v) is 8.88. The molecule has 0 fully saturated rings. The summed E-state index contributed by atoms with van der Waals surface area (Å²) in [6.07, 6.45) is 2.22. The maximum absolute atomic E-state index is 12.1. The summed E-state index contributed by atoms with van der Waals surface area (Å²) in [6, 6.07) is 24.6. The standard InChI is InChI=1S/C29H28N6O2/c1-3-8-26-30-25(4-2)27(29(36)37)35(26)18-19-11-13-21(14-12-19)24-17-22(20-9-6-5-7-10-20)15-16-23(24)28-31-33-34-32-28/h5-7,9-17H,3-4,8,18H2,1-2H3,(H,36,37)(H,31,32,33,34). The Hall–Kier alpha value is -4.59. The molecule has 0 bridgehead atoms. The van der Waals surface area contributed by atoms with Crippen molar-refractivity contribution >= 4 is 5.97 Å². The molecule has 2 aromatic heterocycles. The van der Waals surface area contributed by atoms with Crippen molar-refractivity contribution < 1.29 is 9.90 Å². The smallest absolute Gasteiger partial charge is 0.354 e. The quantitative estimate of drug-likeness (QED) is 0.275. The summed E-state index contributed by atoms with van der Waals surface area (Å²) in [4.78, 5) is 16.7. The summed E-state index contributed by atoms with van der Waals surface area (Å²) in [5.74, 6) is 0.404. The van der Waals surface area contributed by atoms with Crippen LogP contribution in [0.3, 0.4) is 0 Å². The number of aromatic carboxylic acids is 1. The fourth-order valence-corrected chi connectivity index (χ4v) is 4.66. The van der Waals surface area contributed by atoms with Crippen LogP contribution < -0.4 is 0 Å². The van der Waals surface area contributed by atoms with Crippen LogP contribution in [-0.4, -0.2) is 41.3 Å². The van der Waals surface area contributed by atoms with Crippen LogP contribution in [0.1, 0.15) is 47.8 Å². The molecule has 0 unspecified atom stereocenters. The van der Waals surface area contributed by atoms with Crippen molar-refractivity contribution in [3.8, 4) is 33.6 Å². The van der Waals surface area contributed by atoms with Crippen molar-refractivity contribution in [2.24, 2.45) is 0 Å². The molecule has 0 atom stereocenters. The van der Waals surface area contributed by atoms with Gasteiger partial charge in [0, 0.05) is 18.5 Å². The first-order valence-corrected chi connectivity index (χ1v) is 12.4. The van der Waals surface area contributed by atoms with Gasteiger partial charge in [0.2, 0.25) is 5.82 Å². The van der Waals surface area contributed by atoms with Crippen LogP contribution in [0.4, 0.5) is 0 Å². The van der Waals surface area contributed by atoms with Crippen LogP contribution in [0.2, 0.25) is 0 Å². The molecule has 0 aliphatic carbocycles. The van der Waals surface area contributed by atoms with Crippen molar-refractivity contribution in [2.45, 2.75) is 39.7 Å². The van der Waals surface area contributed by atoms with Crippen LogP contribution in [0.25, 0.3) is 33.6 Å². The van der Waals surface area contributed by atoms with E-state index in [0.717, 1.165) is 52.0 Å². The average Bonchev–Trinajstić information content (AvgIpc) is 3.58. The van der Waals surface area contributed by atoms with Crippen molar-refractivity contribution in [3.05, 3.63) is 95.6 Å². The van der Waals surface area contributed by atoms with Crippen LogP contribution in [0.15, 0.2) is 72.8 Å². The van der Waals surface area contributed by atoms with Gasteiger partial charge in [-0.15, -0.1) is 10.2 Å². The third-order valence-electron chi connectivity index (χ3n) is 6.45. The first-order valence-electron chi connectivity index (χ1n) is 12.4. The summed E-state index contributed by atoms with van der Waals surface area (Å²) >= 11 is 0. The largest absolute Gasteiger partial charge is 0.477 e. The highest BCUT2D eigenvalue weighted by molar-refractivity contribution is 5.87. The van der Waals surface area contributed by atoms with E-state index in [4.69, 9.17) is 0 Å². The summed E-state index contributed by atoms with van der Waals surface area (Å²) in [6.45, 7) is 4.46. The van der Waals surface area contributed by atoms with Gasteiger partial charge >= 0.3 is 5.97 Å². The lowest BCUT2D eigenvalue weighted by atomic mass is 9.93. The second kappa shape index (κ2) is 10.6. The van der Waals surface area contributed by atoms with Gasteiger partial charge in [-0.1, -0.05) is 74.5 Å². The van der Waals surface area contributed by atoms with Crippen LogP contribution >= 0.6 is 0 Å². The maximum Gasteiger partial charge on any atom is 0.354 e. The number of rotatable bonds is 9. The Labute approximate surface area is 215 Å². The number of nitrogens with zero attached hydrogens (tertiary/aromatic N) is 5. The molecule has 3 aromatic carbocycles. The van der Waals surface area contributed by atoms with Gasteiger partial charge in [-0.25, -0.2) is 9.78 Å². The normalized spacial score (nSPS) is 11.1. The monoisotopic (exact) mass is 492 g/mol. The number of nitrogens with one attached hydrogen (secondary N) is 1. The Morgan fingerprint density at radius 3 is 2.32 bits per heavy atom. The van der Waals surface area contributed by atoms with E-state index >= 15 is 0 Å². The highest BCUT2D eigenvalue weighted by atomic mass is 16.4.